The topological polar surface area (TPSA) is 38.3 Å². The summed E-state index contributed by atoms with van der Waals surface area (Å²) >= 11 is 0. The Kier molecular flexibility index (Phi) is 6.27. The predicted molar refractivity (Wildman–Crippen MR) is 69.8 cm³/mol. The normalized spacial score (nSPS) is 18.7. The minimum absolute atomic E-state index is 0.282. The van der Waals surface area contributed by atoms with Gasteiger partial charge in [-0.15, -0.1) is 0 Å². The number of rotatable bonds is 6. The van der Waals surface area contributed by atoms with Crippen LogP contribution in [0.4, 0.5) is 0 Å². The Balaban J connectivity index is 2.24. The van der Waals surface area contributed by atoms with E-state index >= 15 is 0 Å². The van der Waals surface area contributed by atoms with E-state index in [2.05, 4.69) is 18.8 Å². The second-order valence-electron chi connectivity index (χ2n) is 4.89. The molecule has 0 saturated heterocycles. The predicted octanol–water partition coefficient (Wildman–Crippen LogP) is 2.66. The molecule has 0 aromatic carbocycles. The van der Waals surface area contributed by atoms with Gasteiger partial charge in [0, 0.05) is 18.2 Å². The van der Waals surface area contributed by atoms with E-state index in [1.165, 1.54) is 32.1 Å². The van der Waals surface area contributed by atoms with Gasteiger partial charge < -0.3 is 10.1 Å². The van der Waals surface area contributed by atoms with Gasteiger partial charge in [-0.05, 0) is 32.6 Å². The van der Waals surface area contributed by atoms with Crippen molar-refractivity contribution in [2.45, 2.75) is 52.0 Å². The van der Waals surface area contributed by atoms with Crippen molar-refractivity contribution >= 4 is 5.97 Å². The summed E-state index contributed by atoms with van der Waals surface area (Å²) in [5.74, 6) is 0.467. The summed E-state index contributed by atoms with van der Waals surface area (Å²) in [6, 6.07) is 0.460. The number of hydrogen-bond acceptors (Lipinski definition) is 3. The van der Waals surface area contributed by atoms with Crippen molar-refractivity contribution in [3.8, 4) is 0 Å². The number of esters is 1. The summed E-state index contributed by atoms with van der Waals surface area (Å²) in [6.45, 7) is 8.72. The fraction of sp³-hybridized carbons (Fsp3) is 0.786. The van der Waals surface area contributed by atoms with Gasteiger partial charge in [-0.3, -0.25) is 0 Å². The molecular formula is C14H25NO2. The molecule has 3 nitrogen and oxygen atoms in total. The van der Waals surface area contributed by atoms with Crippen LogP contribution in [-0.2, 0) is 9.53 Å². The Morgan fingerprint density at radius 3 is 2.65 bits per heavy atom. The first-order valence-corrected chi connectivity index (χ1v) is 6.73. The Hall–Kier alpha value is -0.830. The summed E-state index contributed by atoms with van der Waals surface area (Å²) in [6.07, 6.45) is 6.67. The average Bonchev–Trinajstić information content (AvgIpc) is 2.36. The molecule has 0 aromatic heterocycles. The number of carbonyl (C=O) groups excluding carboxylic acids is 1. The number of carbonyl (C=O) groups is 1. The largest absolute Gasteiger partial charge is 0.463 e. The minimum Gasteiger partial charge on any atom is -0.463 e. The van der Waals surface area contributed by atoms with Crippen molar-refractivity contribution in [1.29, 1.82) is 0 Å². The van der Waals surface area contributed by atoms with E-state index in [0.717, 1.165) is 5.92 Å². The molecule has 1 aliphatic carbocycles. The maximum absolute atomic E-state index is 11.4. The summed E-state index contributed by atoms with van der Waals surface area (Å²) < 4.78 is 4.90. The molecule has 0 radical (unpaired) electrons. The maximum atomic E-state index is 11.4. The van der Waals surface area contributed by atoms with Gasteiger partial charge in [-0.25, -0.2) is 4.79 Å². The molecule has 3 heteroatoms. The monoisotopic (exact) mass is 239 g/mol. The average molecular weight is 239 g/mol. The van der Waals surface area contributed by atoms with Crippen LogP contribution < -0.4 is 5.32 Å². The van der Waals surface area contributed by atoms with E-state index in [0.29, 0.717) is 24.8 Å². The fourth-order valence-electron chi connectivity index (χ4n) is 2.39. The smallest absolute Gasteiger partial charge is 0.334 e. The van der Waals surface area contributed by atoms with Gasteiger partial charge in [0.05, 0.1) is 6.61 Å². The molecule has 0 bridgehead atoms. The van der Waals surface area contributed by atoms with Gasteiger partial charge >= 0.3 is 5.97 Å². The lowest BCUT2D eigenvalue weighted by Crippen LogP contribution is -2.36. The van der Waals surface area contributed by atoms with Crippen molar-refractivity contribution in [2.24, 2.45) is 5.92 Å². The Labute approximate surface area is 105 Å². The van der Waals surface area contributed by atoms with Crippen LogP contribution in [0.5, 0.6) is 0 Å². The molecule has 98 valence electrons. The third kappa shape index (κ3) is 4.90. The Bertz CT molecular complexity index is 257. The SMILES string of the molecule is C=C(CN[C@H](C)C1CCCCC1)C(=O)OCC. The van der Waals surface area contributed by atoms with Crippen LogP contribution in [0, 0.1) is 5.92 Å². The van der Waals surface area contributed by atoms with Crippen molar-refractivity contribution < 1.29 is 9.53 Å². The minimum atomic E-state index is -0.282. The lowest BCUT2D eigenvalue weighted by Gasteiger charge is -2.28. The van der Waals surface area contributed by atoms with Crippen LogP contribution in [0.3, 0.4) is 0 Å². The summed E-state index contributed by atoms with van der Waals surface area (Å²) in [5.41, 5.74) is 0.523. The third-order valence-corrected chi connectivity index (χ3v) is 3.56. The van der Waals surface area contributed by atoms with Crippen molar-refractivity contribution in [3.05, 3.63) is 12.2 Å². The summed E-state index contributed by atoms with van der Waals surface area (Å²) in [7, 11) is 0. The number of ether oxygens (including phenoxy) is 1. The van der Waals surface area contributed by atoms with E-state index in [-0.39, 0.29) is 5.97 Å². The van der Waals surface area contributed by atoms with Crippen LogP contribution in [0.25, 0.3) is 0 Å². The highest BCUT2D eigenvalue weighted by Gasteiger charge is 2.20. The first kappa shape index (κ1) is 14.2. The van der Waals surface area contributed by atoms with E-state index in [9.17, 15) is 4.79 Å². The van der Waals surface area contributed by atoms with Gasteiger partial charge in [0.2, 0.25) is 0 Å². The quantitative estimate of drug-likeness (QED) is 0.572. The van der Waals surface area contributed by atoms with E-state index in [4.69, 9.17) is 4.74 Å². The van der Waals surface area contributed by atoms with Crippen LogP contribution in [-0.4, -0.2) is 25.2 Å². The molecule has 0 spiro atoms. The lowest BCUT2D eigenvalue weighted by atomic mass is 9.84. The van der Waals surface area contributed by atoms with Crippen molar-refractivity contribution in [2.75, 3.05) is 13.2 Å². The first-order valence-electron chi connectivity index (χ1n) is 6.73. The van der Waals surface area contributed by atoms with Gasteiger partial charge in [0.15, 0.2) is 0 Å². The zero-order chi connectivity index (χ0) is 12.7. The van der Waals surface area contributed by atoms with Gasteiger partial charge in [-0.1, -0.05) is 25.8 Å². The van der Waals surface area contributed by atoms with E-state index in [1.54, 1.807) is 0 Å². The highest BCUT2D eigenvalue weighted by atomic mass is 16.5. The molecule has 17 heavy (non-hydrogen) atoms. The zero-order valence-corrected chi connectivity index (χ0v) is 11.1. The molecule has 1 atom stereocenters. The highest BCUT2D eigenvalue weighted by molar-refractivity contribution is 5.88. The standard InChI is InChI=1S/C14H25NO2/c1-4-17-14(16)11(2)10-15-12(3)13-8-6-5-7-9-13/h12-13,15H,2,4-10H2,1,3H3/t12-/m1/s1. The van der Waals surface area contributed by atoms with Crippen LogP contribution in [0.15, 0.2) is 12.2 Å². The molecule has 0 amide bonds. The molecule has 1 aliphatic rings. The molecule has 1 N–H and O–H groups in total. The molecule has 0 aromatic rings. The van der Waals surface area contributed by atoms with Crippen LogP contribution in [0.2, 0.25) is 0 Å². The van der Waals surface area contributed by atoms with Crippen molar-refractivity contribution in [3.63, 3.8) is 0 Å². The Morgan fingerprint density at radius 2 is 2.06 bits per heavy atom. The molecule has 1 fully saturated rings. The lowest BCUT2D eigenvalue weighted by molar-refractivity contribution is -0.138. The van der Waals surface area contributed by atoms with Gasteiger partial charge in [0.25, 0.3) is 0 Å². The Morgan fingerprint density at radius 1 is 1.41 bits per heavy atom. The van der Waals surface area contributed by atoms with Gasteiger partial charge in [0.1, 0.15) is 0 Å². The fourth-order valence-corrected chi connectivity index (χ4v) is 2.39. The van der Waals surface area contributed by atoms with E-state index in [1.807, 2.05) is 6.92 Å². The molecule has 0 heterocycles. The van der Waals surface area contributed by atoms with Crippen LogP contribution >= 0.6 is 0 Å². The zero-order valence-electron chi connectivity index (χ0n) is 11.1. The van der Waals surface area contributed by atoms with Gasteiger partial charge in [-0.2, -0.15) is 0 Å². The second kappa shape index (κ2) is 7.49. The number of nitrogens with one attached hydrogen (secondary N) is 1. The van der Waals surface area contributed by atoms with Crippen molar-refractivity contribution in [1.82, 2.24) is 5.32 Å². The van der Waals surface area contributed by atoms with Crippen LogP contribution in [0.1, 0.15) is 46.0 Å². The highest BCUT2D eigenvalue weighted by Crippen LogP contribution is 2.26. The second-order valence-corrected chi connectivity index (χ2v) is 4.89. The molecular weight excluding hydrogens is 214 g/mol. The summed E-state index contributed by atoms with van der Waals surface area (Å²) in [5, 5.41) is 3.39. The third-order valence-electron chi connectivity index (χ3n) is 3.56. The molecule has 0 unspecified atom stereocenters. The first-order chi connectivity index (χ1) is 8.15. The molecule has 0 aliphatic heterocycles. The number of hydrogen-bond donors (Lipinski definition) is 1. The maximum Gasteiger partial charge on any atom is 0.334 e. The van der Waals surface area contributed by atoms with E-state index < -0.39 is 0 Å². The molecule has 1 saturated carbocycles. The summed E-state index contributed by atoms with van der Waals surface area (Å²) in [4.78, 5) is 11.4. The molecule has 1 rings (SSSR count).